The van der Waals surface area contributed by atoms with Crippen molar-refractivity contribution < 1.29 is 49.9 Å². The van der Waals surface area contributed by atoms with E-state index in [4.69, 9.17) is 18.9 Å². The first kappa shape index (κ1) is 67.1. The van der Waals surface area contributed by atoms with Crippen molar-refractivity contribution in [2.75, 3.05) is 99.5 Å². The Kier molecular flexibility index (Phi) is 19.4. The molecule has 1 amide bonds. The lowest BCUT2D eigenvalue weighted by Crippen LogP contribution is -2.53. The van der Waals surface area contributed by atoms with Crippen molar-refractivity contribution in [3.63, 3.8) is 0 Å². The number of likely N-dealkylation sites (N-methyl/N-ethyl adjacent to an activating group) is 3. The number of H-pyrrole nitrogens is 3. The largest absolute Gasteiger partial charge is 0.493 e. The Hall–Kier alpha value is -8.87. The first-order chi connectivity index (χ1) is 46.2. The van der Waals surface area contributed by atoms with Gasteiger partial charge < -0.3 is 43.6 Å². The lowest BCUT2D eigenvalue weighted by atomic mass is 9.65. The van der Waals surface area contributed by atoms with Crippen LogP contribution in [-0.4, -0.2) is 196 Å². The number of amides is 1. The highest BCUT2D eigenvalue weighted by Crippen LogP contribution is 2.50. The van der Waals surface area contributed by atoms with Gasteiger partial charge in [0.25, 0.3) is 5.56 Å². The second-order valence-electron chi connectivity index (χ2n) is 24.6. The molecule has 9 heterocycles. The Bertz CT molecular complexity index is 4800. The third-order valence-corrected chi connectivity index (χ3v) is 22.2. The number of carbonyl (C=O) groups is 2. The highest BCUT2D eigenvalue weighted by atomic mass is 32.2. The normalized spacial score (nSPS) is 18.7. The molecule has 14 rings (SSSR count). The number of ether oxygens (including phenoxy) is 4. The molecule has 3 atom stereocenters. The fraction of sp³-hybridized carbons (Fsp3) is 0.448. The number of hydrogen-bond donors (Lipinski definition) is 3. The van der Waals surface area contributed by atoms with Crippen LogP contribution in [-0.2, 0) is 55.9 Å². The van der Waals surface area contributed by atoms with Gasteiger partial charge in [0.15, 0.2) is 34.4 Å². The summed E-state index contributed by atoms with van der Waals surface area (Å²) in [5.74, 6) is 3.34. The van der Waals surface area contributed by atoms with Gasteiger partial charge >= 0.3 is 17.0 Å². The number of rotatable bonds is 16. The van der Waals surface area contributed by atoms with Gasteiger partial charge in [-0.05, 0) is 119 Å². The minimum Gasteiger partial charge on any atom is -0.493 e. The third-order valence-electron chi connectivity index (χ3n) is 18.5. The van der Waals surface area contributed by atoms with E-state index in [1.807, 2.05) is 71.1 Å². The van der Waals surface area contributed by atoms with Crippen molar-refractivity contribution in [2.24, 2.45) is 18.9 Å². The highest BCUT2D eigenvalue weighted by molar-refractivity contribution is 7.89. The van der Waals surface area contributed by atoms with Crippen molar-refractivity contribution in [1.82, 2.24) is 67.7 Å². The summed E-state index contributed by atoms with van der Waals surface area (Å²) in [6.07, 6.45) is 3.59. The smallest absolute Gasteiger partial charge is 0.350 e. The summed E-state index contributed by atoms with van der Waals surface area (Å²) in [6.45, 7) is 18.1. The zero-order valence-electron chi connectivity index (χ0n) is 55.5. The van der Waals surface area contributed by atoms with E-state index in [1.165, 1.54) is 23.9 Å². The molecule has 3 fully saturated rings. The Morgan fingerprint density at radius 3 is 1.95 bits per heavy atom. The first-order valence-electron chi connectivity index (χ1n) is 32.8. The predicted octanol–water partition coefficient (Wildman–Crippen LogP) is 5.12. The molecule has 4 aromatic carbocycles. The Balaban J connectivity index is 0.000000138. The van der Waals surface area contributed by atoms with E-state index in [0.29, 0.717) is 147 Å². The van der Waals surface area contributed by atoms with E-state index in [-0.39, 0.29) is 75.3 Å². The number of para-hydroxylation sites is 1. The van der Waals surface area contributed by atoms with E-state index in [2.05, 4.69) is 58.0 Å². The lowest BCUT2D eigenvalue weighted by molar-refractivity contribution is -0.590. The molecular weight excluding hydrogens is 1270 g/mol. The number of carbonyl (C=O) groups excluding carboxylic acids is 2. The van der Waals surface area contributed by atoms with Crippen LogP contribution in [0.5, 0.6) is 23.0 Å². The molecule has 27 nitrogen and oxygen atoms in total. The Morgan fingerprint density at radius 2 is 1.30 bits per heavy atom. The number of ketones is 1. The molecular formula is C67H82N15O12S2+. The van der Waals surface area contributed by atoms with Gasteiger partial charge in [-0.2, -0.15) is 8.61 Å². The fourth-order valence-corrected chi connectivity index (χ4v) is 16.5. The molecule has 4 aliphatic heterocycles. The van der Waals surface area contributed by atoms with Gasteiger partial charge in [0, 0.05) is 106 Å². The number of aromatic nitrogens is 10. The van der Waals surface area contributed by atoms with Gasteiger partial charge in [-0.25, -0.2) is 26.3 Å². The first-order valence-corrected chi connectivity index (χ1v) is 35.6. The molecule has 0 saturated carbocycles. The molecule has 96 heavy (non-hydrogen) atoms. The summed E-state index contributed by atoms with van der Waals surface area (Å²) in [5.41, 5.74) is 5.62. The van der Waals surface area contributed by atoms with E-state index < -0.39 is 20.0 Å². The van der Waals surface area contributed by atoms with Gasteiger partial charge in [-0.15, -0.1) is 9.78 Å². The summed E-state index contributed by atoms with van der Waals surface area (Å²) in [7, 11) is -2.03. The number of hydrogen-bond acceptors (Lipinski definition) is 18. The van der Waals surface area contributed by atoms with Crippen LogP contribution >= 0.6 is 0 Å². The van der Waals surface area contributed by atoms with Crippen molar-refractivity contribution in [3.8, 4) is 45.8 Å². The summed E-state index contributed by atoms with van der Waals surface area (Å²) < 4.78 is 83.6. The number of nitrogens with one attached hydrogen (secondary N) is 3. The fourth-order valence-electron chi connectivity index (χ4n) is 13.6. The molecule has 0 radical (unpaired) electrons. The maximum absolute atomic E-state index is 13.4. The molecule has 1 aliphatic carbocycles. The number of nitrogens with zero attached hydrogens (tertiary/aromatic N) is 12. The van der Waals surface area contributed by atoms with Gasteiger partial charge in [-0.3, -0.25) is 24.2 Å². The molecule has 0 bridgehead atoms. The minimum absolute atomic E-state index is 0.0521. The highest BCUT2D eigenvalue weighted by Gasteiger charge is 2.50. The molecule has 508 valence electrons. The Morgan fingerprint density at radius 1 is 0.677 bits per heavy atom. The second kappa shape index (κ2) is 27.7. The summed E-state index contributed by atoms with van der Waals surface area (Å²) in [5, 5.41) is 14.8. The number of aromatic amines is 3. The van der Waals surface area contributed by atoms with Crippen LogP contribution in [0.2, 0.25) is 0 Å². The SMILES string of the molecule is CCCc1nc(C)c2c(=O)[nH]c(-c3cc(S(=O)(=O)N4CCN(CC)CC4)ccc3OCC)nn12.CCCc1nn(C)c2c(=O)[nH]c(-c3cc(S(=O)(=O)N4CCN(C)CC4)ccc3OCC)n[n+]12.CN1CC(=O)C2[C@H](c3ccc4c(c3)OCO4)c3[nH]c4ccccc4c3C[C@@H]2C1=O. The van der Waals surface area contributed by atoms with E-state index >= 15 is 0 Å². The minimum atomic E-state index is -3.71. The number of piperazine rings is 2. The standard InChI is InChI=1S/C23H32N6O4S.C23H20N2O4.C21H29N7O4S/c1-5-8-20-24-16(4)21-23(30)25-22(26-29(20)21)18-15-17(9-10-19(18)33-7-3)34(31,32)28-13-11-27(6-2)12-14-28;1-25-10-17(26)21-15(23(25)27)9-14-13-4-2-3-5-16(13)24-22(14)20(21)12-6-7-18-19(8-12)29-11-28-18;1-5-7-18-23-26(4)21-20(29)22-19(24-28(18)21)16-14-15(8-9-17(16)32-6-2)33(30,31)27-12-10-25(3)11-13-27/h9-10,15H,5-8,11-14H2,1-4H3,(H,25,26,30);2-8,15,20-21,24H,9-11H2,1H3;8-9,14H,5-7,10-13H2,1-4H3/p+1/t;15-,20-,21?;/m.0./s1. The molecule has 3 N–H and O–H groups in total. The van der Waals surface area contributed by atoms with Gasteiger partial charge in [-0.1, -0.05) is 54.7 Å². The Labute approximate surface area is 556 Å². The van der Waals surface area contributed by atoms with Gasteiger partial charge in [0.05, 0.1) is 59.3 Å². The maximum Gasteiger partial charge on any atom is 0.350 e. The maximum atomic E-state index is 13.4. The van der Waals surface area contributed by atoms with Gasteiger partial charge in [0.2, 0.25) is 32.7 Å². The van der Waals surface area contributed by atoms with Crippen LogP contribution in [0.3, 0.4) is 0 Å². The van der Waals surface area contributed by atoms with Crippen molar-refractivity contribution in [1.29, 1.82) is 0 Å². The number of aryl methyl sites for hydroxylation is 4. The van der Waals surface area contributed by atoms with Crippen LogP contribution in [0.25, 0.3) is 44.8 Å². The molecule has 9 aromatic rings. The number of benzene rings is 4. The quantitative estimate of drug-likeness (QED) is 0.106. The molecule has 1 unspecified atom stereocenters. The third kappa shape index (κ3) is 12.8. The molecule has 5 aliphatic rings. The van der Waals surface area contributed by atoms with Crippen LogP contribution in [0.1, 0.15) is 87.5 Å². The molecule has 29 heteroatoms. The summed E-state index contributed by atoms with van der Waals surface area (Å²) in [6, 6.07) is 23.4. The lowest BCUT2D eigenvalue weighted by Gasteiger charge is -2.42. The zero-order chi connectivity index (χ0) is 67.9. The average molecular weight is 1350 g/mol. The van der Waals surface area contributed by atoms with E-state index in [1.54, 1.807) is 60.8 Å². The van der Waals surface area contributed by atoms with Crippen LogP contribution in [0, 0.1) is 18.8 Å². The summed E-state index contributed by atoms with van der Waals surface area (Å²) >= 11 is 0. The molecule has 0 spiro atoms. The van der Waals surface area contributed by atoms with E-state index in [9.17, 15) is 36.0 Å². The van der Waals surface area contributed by atoms with Crippen molar-refractivity contribution in [2.45, 2.75) is 89.4 Å². The number of piperidine rings is 1. The number of imidazole rings is 1. The van der Waals surface area contributed by atoms with Crippen LogP contribution in [0.4, 0.5) is 0 Å². The predicted molar refractivity (Wildman–Crippen MR) is 357 cm³/mol. The molecule has 5 aromatic heterocycles. The molecule has 3 saturated heterocycles. The number of likely N-dealkylation sites (tertiary alicyclic amines) is 1. The van der Waals surface area contributed by atoms with Crippen LogP contribution in [0.15, 0.2) is 98.2 Å². The summed E-state index contributed by atoms with van der Waals surface area (Å²) in [4.78, 5) is 71.9. The number of sulfonamides is 2. The topological polar surface area (TPSA) is 302 Å². The van der Waals surface area contributed by atoms with Crippen molar-refractivity contribution in [3.05, 3.63) is 134 Å². The zero-order valence-corrected chi connectivity index (χ0v) is 57.2. The monoisotopic (exact) mass is 1350 g/mol. The van der Waals surface area contributed by atoms with E-state index in [0.717, 1.165) is 47.1 Å². The van der Waals surface area contributed by atoms with Gasteiger partial charge in [0.1, 0.15) is 17.3 Å². The van der Waals surface area contributed by atoms with Crippen molar-refractivity contribution >= 4 is 53.8 Å². The second-order valence-corrected chi connectivity index (χ2v) is 28.5. The number of fused-ring (bicyclic) bond motifs is 7. The average Bonchev–Trinajstić information content (AvgIpc) is 1.48. The van der Waals surface area contributed by atoms with Crippen LogP contribution < -0.4 is 34.6 Å². The number of Topliss-reactive ketones (excluding diaryl/α,β-unsaturated/α-hetero) is 1.